The Balaban J connectivity index is 1.57. The van der Waals surface area contributed by atoms with Crippen LogP contribution in [-0.2, 0) is 4.74 Å². The van der Waals surface area contributed by atoms with E-state index in [4.69, 9.17) is 4.74 Å². The first-order valence-corrected chi connectivity index (χ1v) is 9.02. The van der Waals surface area contributed by atoms with E-state index in [9.17, 15) is 9.59 Å². The zero-order valence-corrected chi connectivity index (χ0v) is 14.9. The molecule has 2 aromatic rings. The van der Waals surface area contributed by atoms with Gasteiger partial charge < -0.3 is 20.3 Å². The predicted molar refractivity (Wildman–Crippen MR) is 103 cm³/mol. The molecule has 6 nitrogen and oxygen atoms in total. The third-order valence-electron chi connectivity index (χ3n) is 4.85. The second-order valence-electron chi connectivity index (χ2n) is 6.54. The van der Waals surface area contributed by atoms with Gasteiger partial charge in [-0.2, -0.15) is 0 Å². The molecule has 2 aromatic carbocycles. The van der Waals surface area contributed by atoms with Gasteiger partial charge in [0, 0.05) is 36.1 Å². The van der Waals surface area contributed by atoms with E-state index in [1.807, 2.05) is 54.6 Å². The summed E-state index contributed by atoms with van der Waals surface area (Å²) in [6.07, 6.45) is 1.51. The topological polar surface area (TPSA) is 70.7 Å². The molecule has 6 heteroatoms. The van der Waals surface area contributed by atoms with Crippen molar-refractivity contribution in [3.8, 4) is 0 Å². The molecule has 2 amide bonds. The summed E-state index contributed by atoms with van der Waals surface area (Å²) in [7, 11) is 0. The van der Waals surface area contributed by atoms with E-state index in [0.717, 1.165) is 37.6 Å². The number of rotatable bonds is 4. The van der Waals surface area contributed by atoms with E-state index in [2.05, 4.69) is 15.5 Å². The zero-order valence-electron chi connectivity index (χ0n) is 14.9. The van der Waals surface area contributed by atoms with Crippen LogP contribution in [0, 0.1) is 0 Å². The van der Waals surface area contributed by atoms with E-state index in [0.29, 0.717) is 11.1 Å². The highest BCUT2D eigenvalue weighted by Gasteiger charge is 2.28. The van der Waals surface area contributed by atoms with Gasteiger partial charge >= 0.3 is 6.03 Å². The largest absolute Gasteiger partial charge is 0.378 e. The van der Waals surface area contributed by atoms with Crippen LogP contribution in [0.15, 0.2) is 66.4 Å². The van der Waals surface area contributed by atoms with E-state index in [1.54, 1.807) is 0 Å². The Bertz CT molecular complexity index is 856. The smallest absolute Gasteiger partial charge is 0.319 e. The molecular weight excluding hydrogens is 342 g/mol. The second kappa shape index (κ2) is 7.63. The average Bonchev–Trinajstić information content (AvgIpc) is 2.74. The number of Topliss-reactive ketones (excluding diaryl/α,β-unsaturated/α-hetero) is 1. The molecule has 1 unspecified atom stereocenters. The van der Waals surface area contributed by atoms with Crippen molar-refractivity contribution in [2.24, 2.45) is 0 Å². The molecule has 1 saturated heterocycles. The van der Waals surface area contributed by atoms with E-state index >= 15 is 0 Å². The molecule has 2 heterocycles. The highest BCUT2D eigenvalue weighted by molar-refractivity contribution is 6.10. The van der Waals surface area contributed by atoms with Crippen LogP contribution in [0.25, 0.3) is 0 Å². The van der Waals surface area contributed by atoms with Crippen LogP contribution in [0.3, 0.4) is 0 Å². The Kier molecular flexibility index (Phi) is 4.89. The summed E-state index contributed by atoms with van der Waals surface area (Å²) in [5.41, 5.74) is 3.06. The van der Waals surface area contributed by atoms with Crippen LogP contribution in [0.5, 0.6) is 0 Å². The van der Waals surface area contributed by atoms with Crippen molar-refractivity contribution in [3.63, 3.8) is 0 Å². The summed E-state index contributed by atoms with van der Waals surface area (Å²) in [6.45, 7) is 3.14. The first-order valence-electron chi connectivity index (χ1n) is 9.02. The van der Waals surface area contributed by atoms with Crippen LogP contribution in [0.2, 0.25) is 0 Å². The van der Waals surface area contributed by atoms with Crippen molar-refractivity contribution in [1.29, 1.82) is 0 Å². The van der Waals surface area contributed by atoms with Gasteiger partial charge in [-0.3, -0.25) is 4.79 Å². The quantitative estimate of drug-likeness (QED) is 0.820. The van der Waals surface area contributed by atoms with Gasteiger partial charge in [-0.25, -0.2) is 4.79 Å². The number of morpholine rings is 1. The lowest BCUT2D eigenvalue weighted by molar-refractivity contribution is 0.102. The van der Waals surface area contributed by atoms with Crippen LogP contribution in [0.4, 0.5) is 10.5 Å². The Labute approximate surface area is 157 Å². The Morgan fingerprint density at radius 1 is 1.00 bits per heavy atom. The molecule has 0 aromatic heterocycles. The lowest BCUT2D eigenvalue weighted by Gasteiger charge is -2.29. The van der Waals surface area contributed by atoms with Gasteiger partial charge in [0.05, 0.1) is 19.3 Å². The number of anilines is 1. The highest BCUT2D eigenvalue weighted by atomic mass is 16.5. The number of benzene rings is 2. The summed E-state index contributed by atoms with van der Waals surface area (Å²) < 4.78 is 5.38. The number of ether oxygens (including phenoxy) is 1. The molecule has 0 saturated carbocycles. The van der Waals surface area contributed by atoms with Gasteiger partial charge in [-0.05, 0) is 29.8 Å². The molecule has 138 valence electrons. The average molecular weight is 363 g/mol. The maximum absolute atomic E-state index is 13.1. The molecule has 1 atom stereocenters. The summed E-state index contributed by atoms with van der Waals surface area (Å²) >= 11 is 0. The number of carbonyl (C=O) groups excluding carboxylic acids is 2. The first kappa shape index (κ1) is 17.3. The number of hydrogen-bond donors (Lipinski definition) is 2. The molecule has 4 rings (SSSR count). The molecule has 0 bridgehead atoms. The Hall–Kier alpha value is -3.12. The number of nitrogens with one attached hydrogen (secondary N) is 2. The van der Waals surface area contributed by atoms with E-state index in [1.165, 1.54) is 6.20 Å². The number of urea groups is 1. The van der Waals surface area contributed by atoms with Crippen LogP contribution in [-0.4, -0.2) is 38.1 Å². The molecule has 27 heavy (non-hydrogen) atoms. The summed E-state index contributed by atoms with van der Waals surface area (Å²) in [5.74, 6) is -0.107. The molecule has 1 fully saturated rings. The monoisotopic (exact) mass is 363 g/mol. The number of hydrogen-bond acceptors (Lipinski definition) is 4. The molecule has 0 radical (unpaired) electrons. The minimum absolute atomic E-state index is 0.107. The summed E-state index contributed by atoms with van der Waals surface area (Å²) in [5, 5.41) is 5.43. The SMILES string of the molecule is O=C1NC=C(C(=O)c2ccc(N3CCOCC3)cc2)C(c2ccccc2)N1. The number of carbonyl (C=O) groups is 2. The third kappa shape index (κ3) is 3.71. The molecule has 2 aliphatic heterocycles. The van der Waals surface area contributed by atoms with Crippen LogP contribution < -0.4 is 15.5 Å². The maximum atomic E-state index is 13.1. The van der Waals surface area contributed by atoms with Crippen molar-refractivity contribution in [3.05, 3.63) is 77.5 Å². The van der Waals surface area contributed by atoms with Gasteiger partial charge in [0.1, 0.15) is 0 Å². The summed E-state index contributed by atoms with van der Waals surface area (Å²) in [6, 6.07) is 16.3. The molecule has 0 spiro atoms. The van der Waals surface area contributed by atoms with Crippen molar-refractivity contribution < 1.29 is 14.3 Å². The fourth-order valence-corrected chi connectivity index (χ4v) is 3.39. The predicted octanol–water partition coefficient (Wildman–Crippen LogP) is 2.64. The second-order valence-corrected chi connectivity index (χ2v) is 6.54. The lowest BCUT2D eigenvalue weighted by Crippen LogP contribution is -2.42. The Morgan fingerprint density at radius 2 is 1.70 bits per heavy atom. The van der Waals surface area contributed by atoms with Crippen molar-refractivity contribution in [2.75, 3.05) is 31.2 Å². The lowest BCUT2D eigenvalue weighted by atomic mass is 9.92. The Morgan fingerprint density at radius 3 is 2.41 bits per heavy atom. The van der Waals surface area contributed by atoms with Gasteiger partial charge in [0.25, 0.3) is 0 Å². The molecule has 2 N–H and O–H groups in total. The molecule has 0 aliphatic carbocycles. The minimum Gasteiger partial charge on any atom is -0.378 e. The number of nitrogens with zero attached hydrogens (tertiary/aromatic N) is 1. The van der Waals surface area contributed by atoms with Gasteiger partial charge in [0.15, 0.2) is 5.78 Å². The highest BCUT2D eigenvalue weighted by Crippen LogP contribution is 2.27. The fourth-order valence-electron chi connectivity index (χ4n) is 3.39. The van der Waals surface area contributed by atoms with Gasteiger partial charge in [-0.15, -0.1) is 0 Å². The number of amides is 2. The van der Waals surface area contributed by atoms with Crippen molar-refractivity contribution in [2.45, 2.75) is 6.04 Å². The van der Waals surface area contributed by atoms with Crippen molar-refractivity contribution in [1.82, 2.24) is 10.6 Å². The fraction of sp³-hybridized carbons (Fsp3) is 0.238. The van der Waals surface area contributed by atoms with Crippen molar-refractivity contribution >= 4 is 17.5 Å². The van der Waals surface area contributed by atoms with Crippen LogP contribution >= 0.6 is 0 Å². The normalized spacial score (nSPS) is 19.7. The van der Waals surface area contributed by atoms with E-state index in [-0.39, 0.29) is 11.8 Å². The molecule has 2 aliphatic rings. The molecular formula is C21H21N3O3. The first-order chi connectivity index (χ1) is 13.2. The minimum atomic E-state index is -0.466. The third-order valence-corrected chi connectivity index (χ3v) is 4.85. The maximum Gasteiger partial charge on any atom is 0.319 e. The van der Waals surface area contributed by atoms with Gasteiger partial charge in [-0.1, -0.05) is 30.3 Å². The van der Waals surface area contributed by atoms with E-state index < -0.39 is 6.04 Å². The van der Waals surface area contributed by atoms with Gasteiger partial charge in [0.2, 0.25) is 0 Å². The number of ketones is 1. The standard InChI is InChI=1S/C21H21N3O3/c25-20(16-6-8-17(9-7-16)24-10-12-27-13-11-24)18-14-22-21(26)23-19(18)15-4-2-1-3-5-15/h1-9,14,19H,10-13H2,(H2,22,23,26). The van der Waals surface area contributed by atoms with Crippen LogP contribution in [0.1, 0.15) is 22.0 Å². The zero-order chi connectivity index (χ0) is 18.6. The summed E-state index contributed by atoms with van der Waals surface area (Å²) in [4.78, 5) is 27.1.